The van der Waals surface area contributed by atoms with E-state index in [2.05, 4.69) is 11.4 Å². The molecule has 1 rings (SSSR count). The number of amides is 1. The maximum absolute atomic E-state index is 11.3. The average molecular weight is 210 g/mol. The fourth-order valence-electron chi connectivity index (χ4n) is 1.49. The summed E-state index contributed by atoms with van der Waals surface area (Å²) >= 11 is 0. The zero-order valence-corrected chi connectivity index (χ0v) is 9.59. The number of alkyl carbamates (subject to hydrolysis) is 1. The minimum atomic E-state index is -0.483. The van der Waals surface area contributed by atoms with Gasteiger partial charge in [-0.2, -0.15) is 5.26 Å². The van der Waals surface area contributed by atoms with Crippen LogP contribution in [0, 0.1) is 16.7 Å². The zero-order valence-electron chi connectivity index (χ0n) is 9.59. The molecule has 1 saturated carbocycles. The summed E-state index contributed by atoms with van der Waals surface area (Å²) in [5.74, 6) is 0. The first-order valence-corrected chi connectivity index (χ1v) is 5.25. The molecule has 1 aliphatic carbocycles. The van der Waals surface area contributed by atoms with E-state index in [-0.39, 0.29) is 5.41 Å². The van der Waals surface area contributed by atoms with Gasteiger partial charge in [0.05, 0.1) is 11.5 Å². The van der Waals surface area contributed by atoms with Gasteiger partial charge in [-0.1, -0.05) is 6.42 Å². The monoisotopic (exact) mass is 210 g/mol. The highest BCUT2D eigenvalue weighted by atomic mass is 16.6. The normalized spacial score (nSPS) is 18.5. The van der Waals surface area contributed by atoms with Crippen molar-refractivity contribution in [3.63, 3.8) is 0 Å². The maximum Gasteiger partial charge on any atom is 0.407 e. The van der Waals surface area contributed by atoms with Crippen molar-refractivity contribution in [2.24, 2.45) is 5.41 Å². The molecule has 0 aromatic heterocycles. The highest BCUT2D eigenvalue weighted by Crippen LogP contribution is 2.39. The van der Waals surface area contributed by atoms with Crippen molar-refractivity contribution in [1.29, 1.82) is 5.26 Å². The third-order valence-electron chi connectivity index (χ3n) is 2.52. The summed E-state index contributed by atoms with van der Waals surface area (Å²) in [6, 6.07) is 2.26. The minimum absolute atomic E-state index is 0.336. The summed E-state index contributed by atoms with van der Waals surface area (Å²) in [6.45, 7) is 5.85. The van der Waals surface area contributed by atoms with Crippen molar-refractivity contribution in [2.75, 3.05) is 6.54 Å². The Labute approximate surface area is 90.6 Å². The molecule has 1 amide bonds. The van der Waals surface area contributed by atoms with Crippen LogP contribution in [0.1, 0.15) is 40.0 Å². The number of hydrogen-bond donors (Lipinski definition) is 1. The molecule has 0 aromatic rings. The third-order valence-corrected chi connectivity index (χ3v) is 2.52. The Bertz CT molecular complexity index is 282. The molecule has 0 unspecified atom stereocenters. The van der Waals surface area contributed by atoms with Crippen LogP contribution in [0.5, 0.6) is 0 Å². The van der Waals surface area contributed by atoms with E-state index in [0.29, 0.717) is 6.54 Å². The van der Waals surface area contributed by atoms with Crippen LogP contribution >= 0.6 is 0 Å². The molecule has 1 aliphatic rings. The molecule has 0 aliphatic heterocycles. The second kappa shape index (κ2) is 4.09. The van der Waals surface area contributed by atoms with Crippen LogP contribution in [0.4, 0.5) is 4.79 Å². The average Bonchev–Trinajstić information content (AvgIpc) is 1.99. The summed E-state index contributed by atoms with van der Waals surface area (Å²) in [6.07, 6.45) is 2.38. The number of nitrogens with one attached hydrogen (secondary N) is 1. The topological polar surface area (TPSA) is 62.1 Å². The third kappa shape index (κ3) is 3.43. The van der Waals surface area contributed by atoms with Crippen LogP contribution in [0.3, 0.4) is 0 Å². The van der Waals surface area contributed by atoms with Gasteiger partial charge < -0.3 is 10.1 Å². The van der Waals surface area contributed by atoms with Gasteiger partial charge in [-0.15, -0.1) is 0 Å². The molecular weight excluding hydrogens is 192 g/mol. The van der Waals surface area contributed by atoms with Crippen molar-refractivity contribution in [3.8, 4) is 6.07 Å². The molecule has 0 atom stereocenters. The van der Waals surface area contributed by atoms with E-state index in [1.807, 2.05) is 20.8 Å². The van der Waals surface area contributed by atoms with E-state index in [9.17, 15) is 4.79 Å². The van der Waals surface area contributed by atoms with Crippen molar-refractivity contribution in [1.82, 2.24) is 5.32 Å². The minimum Gasteiger partial charge on any atom is -0.444 e. The molecule has 0 saturated heterocycles. The Morgan fingerprint density at radius 3 is 2.47 bits per heavy atom. The van der Waals surface area contributed by atoms with Gasteiger partial charge in [0.1, 0.15) is 5.60 Å². The van der Waals surface area contributed by atoms with Crippen LogP contribution in [0.15, 0.2) is 0 Å². The predicted molar refractivity (Wildman–Crippen MR) is 56.1 cm³/mol. The summed E-state index contributed by atoms with van der Waals surface area (Å²) in [7, 11) is 0. The van der Waals surface area contributed by atoms with E-state index in [1.54, 1.807) is 0 Å². The highest BCUT2D eigenvalue weighted by Gasteiger charge is 2.37. The highest BCUT2D eigenvalue weighted by molar-refractivity contribution is 5.67. The summed E-state index contributed by atoms with van der Waals surface area (Å²) < 4.78 is 5.09. The van der Waals surface area contributed by atoms with Crippen LogP contribution in [0.25, 0.3) is 0 Å². The fourth-order valence-corrected chi connectivity index (χ4v) is 1.49. The number of nitrogens with zero attached hydrogens (tertiary/aromatic N) is 1. The number of hydrogen-bond acceptors (Lipinski definition) is 3. The van der Waals surface area contributed by atoms with Gasteiger partial charge in [0, 0.05) is 6.54 Å². The standard InChI is InChI=1S/C11H18N2O2/c1-10(2,3)15-9(14)13-8-11(7-12)5-4-6-11/h4-6,8H2,1-3H3,(H,13,14). The molecule has 0 heterocycles. The number of carbonyl (C=O) groups excluding carboxylic acids is 1. The Kier molecular flexibility index (Phi) is 3.23. The Balaban J connectivity index is 2.32. The summed E-state index contributed by atoms with van der Waals surface area (Å²) in [4.78, 5) is 11.3. The molecule has 1 N–H and O–H groups in total. The van der Waals surface area contributed by atoms with E-state index in [4.69, 9.17) is 10.00 Å². The lowest BCUT2D eigenvalue weighted by Gasteiger charge is -2.35. The predicted octanol–water partition coefficient (Wildman–Crippen LogP) is 2.20. The molecule has 0 bridgehead atoms. The number of rotatable bonds is 2. The van der Waals surface area contributed by atoms with Crippen molar-refractivity contribution in [2.45, 2.75) is 45.6 Å². The molecule has 4 nitrogen and oxygen atoms in total. The lowest BCUT2D eigenvalue weighted by molar-refractivity contribution is 0.0490. The quantitative estimate of drug-likeness (QED) is 0.760. The molecule has 84 valence electrons. The van der Waals surface area contributed by atoms with Crippen molar-refractivity contribution in [3.05, 3.63) is 0 Å². The number of carbonyl (C=O) groups is 1. The smallest absolute Gasteiger partial charge is 0.407 e. The molecule has 15 heavy (non-hydrogen) atoms. The molecule has 0 spiro atoms. The lowest BCUT2D eigenvalue weighted by Crippen LogP contribution is -2.43. The van der Waals surface area contributed by atoms with Gasteiger partial charge in [0.15, 0.2) is 0 Å². The van der Waals surface area contributed by atoms with Gasteiger partial charge in [0.25, 0.3) is 0 Å². The van der Waals surface area contributed by atoms with E-state index >= 15 is 0 Å². The van der Waals surface area contributed by atoms with Crippen molar-refractivity contribution < 1.29 is 9.53 Å². The Morgan fingerprint density at radius 1 is 1.53 bits per heavy atom. The zero-order chi connectivity index (χ0) is 11.5. The SMILES string of the molecule is CC(C)(C)OC(=O)NCC1(C#N)CCC1. The van der Waals surface area contributed by atoms with E-state index in [0.717, 1.165) is 19.3 Å². The van der Waals surface area contributed by atoms with Crippen LogP contribution in [-0.4, -0.2) is 18.2 Å². The molecule has 1 fully saturated rings. The molecule has 0 aromatic carbocycles. The summed E-state index contributed by atoms with van der Waals surface area (Å²) in [5, 5.41) is 11.6. The van der Waals surface area contributed by atoms with Crippen LogP contribution in [0.2, 0.25) is 0 Å². The van der Waals surface area contributed by atoms with Crippen LogP contribution in [-0.2, 0) is 4.74 Å². The van der Waals surface area contributed by atoms with Crippen molar-refractivity contribution >= 4 is 6.09 Å². The molecular formula is C11H18N2O2. The largest absolute Gasteiger partial charge is 0.444 e. The van der Waals surface area contributed by atoms with Gasteiger partial charge in [-0.25, -0.2) is 4.79 Å². The van der Waals surface area contributed by atoms with Gasteiger partial charge in [-0.3, -0.25) is 0 Å². The number of nitriles is 1. The second-order valence-corrected chi connectivity index (χ2v) is 5.10. The van der Waals surface area contributed by atoms with Crippen LogP contribution < -0.4 is 5.32 Å². The first kappa shape index (κ1) is 11.8. The van der Waals surface area contributed by atoms with Gasteiger partial charge >= 0.3 is 6.09 Å². The Hall–Kier alpha value is -1.24. The fraction of sp³-hybridized carbons (Fsp3) is 0.818. The molecule has 4 heteroatoms. The lowest BCUT2D eigenvalue weighted by atomic mass is 9.70. The maximum atomic E-state index is 11.3. The Morgan fingerprint density at radius 2 is 2.13 bits per heavy atom. The first-order chi connectivity index (χ1) is 6.87. The van der Waals surface area contributed by atoms with E-state index < -0.39 is 11.7 Å². The summed E-state index contributed by atoms with van der Waals surface area (Å²) in [5.41, 5.74) is -0.819. The van der Waals surface area contributed by atoms with Gasteiger partial charge in [-0.05, 0) is 33.6 Å². The van der Waals surface area contributed by atoms with Gasteiger partial charge in [0.2, 0.25) is 0 Å². The first-order valence-electron chi connectivity index (χ1n) is 5.25. The molecule has 0 radical (unpaired) electrons. The number of ether oxygens (including phenoxy) is 1. The second-order valence-electron chi connectivity index (χ2n) is 5.10. The van der Waals surface area contributed by atoms with E-state index in [1.165, 1.54) is 0 Å².